The van der Waals surface area contributed by atoms with Gasteiger partial charge in [0, 0.05) is 35.1 Å². The number of rotatable bonds is 2. The van der Waals surface area contributed by atoms with E-state index in [9.17, 15) is 4.79 Å². The topological polar surface area (TPSA) is 57.8 Å². The number of nitrogens with zero attached hydrogens (tertiary/aromatic N) is 1. The summed E-state index contributed by atoms with van der Waals surface area (Å²) in [6, 6.07) is 11.1. The zero-order valence-electron chi connectivity index (χ0n) is 9.55. The third-order valence-corrected chi connectivity index (χ3v) is 2.79. The molecule has 1 aromatic carbocycles. The number of aromatic nitrogens is 2. The molecule has 1 amide bonds. The fourth-order valence-corrected chi connectivity index (χ4v) is 1.89. The average Bonchev–Trinajstić information content (AvgIpc) is 2.89. The highest BCUT2D eigenvalue weighted by Gasteiger charge is 2.07. The zero-order valence-corrected chi connectivity index (χ0v) is 9.55. The first-order valence-electron chi connectivity index (χ1n) is 5.62. The molecule has 0 spiro atoms. The Kier molecular flexibility index (Phi) is 2.53. The molecule has 0 radical (unpaired) electrons. The molecule has 0 unspecified atom stereocenters. The van der Waals surface area contributed by atoms with Gasteiger partial charge in [-0.2, -0.15) is 0 Å². The van der Waals surface area contributed by atoms with Crippen molar-refractivity contribution in [3.63, 3.8) is 0 Å². The fourth-order valence-electron chi connectivity index (χ4n) is 1.89. The van der Waals surface area contributed by atoms with Crippen LogP contribution in [-0.2, 0) is 0 Å². The van der Waals surface area contributed by atoms with Gasteiger partial charge in [-0.1, -0.05) is 6.07 Å². The van der Waals surface area contributed by atoms with Crippen LogP contribution in [-0.4, -0.2) is 15.9 Å². The van der Waals surface area contributed by atoms with Gasteiger partial charge in [-0.25, -0.2) is 0 Å². The standard InChI is InChI=1S/C14H11N3O/c18-14(10-4-7-15-8-5-10)17-13-3-1-2-12-11(13)6-9-16-12/h1-9,16H,(H,17,18). The number of carbonyl (C=O) groups excluding carboxylic acids is 1. The van der Waals surface area contributed by atoms with Crippen molar-refractivity contribution in [3.05, 3.63) is 60.6 Å². The molecule has 0 aliphatic heterocycles. The third-order valence-electron chi connectivity index (χ3n) is 2.79. The number of aromatic amines is 1. The van der Waals surface area contributed by atoms with E-state index in [1.807, 2.05) is 30.5 Å². The minimum Gasteiger partial charge on any atom is -0.361 e. The van der Waals surface area contributed by atoms with E-state index in [1.54, 1.807) is 24.5 Å². The molecular formula is C14H11N3O. The Morgan fingerprint density at radius 3 is 2.78 bits per heavy atom. The van der Waals surface area contributed by atoms with Crippen LogP contribution in [0.3, 0.4) is 0 Å². The smallest absolute Gasteiger partial charge is 0.255 e. The summed E-state index contributed by atoms with van der Waals surface area (Å²) in [5, 5.41) is 3.90. The molecule has 0 saturated heterocycles. The lowest BCUT2D eigenvalue weighted by Gasteiger charge is -2.06. The normalized spacial score (nSPS) is 10.4. The molecule has 0 aliphatic rings. The predicted molar refractivity (Wildman–Crippen MR) is 70.5 cm³/mol. The number of hydrogen-bond acceptors (Lipinski definition) is 2. The molecule has 88 valence electrons. The molecule has 0 fully saturated rings. The van der Waals surface area contributed by atoms with Crippen LogP contribution in [0.5, 0.6) is 0 Å². The predicted octanol–water partition coefficient (Wildman–Crippen LogP) is 2.82. The number of carbonyl (C=O) groups is 1. The zero-order chi connectivity index (χ0) is 12.4. The second kappa shape index (κ2) is 4.33. The summed E-state index contributed by atoms with van der Waals surface area (Å²) in [6.07, 6.45) is 5.06. The number of H-pyrrole nitrogens is 1. The number of hydrogen-bond donors (Lipinski definition) is 2. The van der Waals surface area contributed by atoms with Gasteiger partial charge < -0.3 is 10.3 Å². The number of fused-ring (bicyclic) bond motifs is 1. The molecule has 3 aromatic rings. The molecule has 4 nitrogen and oxygen atoms in total. The van der Waals surface area contributed by atoms with Gasteiger partial charge in [0.25, 0.3) is 5.91 Å². The molecule has 0 saturated carbocycles. The summed E-state index contributed by atoms with van der Waals surface area (Å²) in [5.74, 6) is -0.133. The Bertz CT molecular complexity index is 688. The Balaban J connectivity index is 1.93. The Morgan fingerprint density at radius 1 is 1.11 bits per heavy atom. The Hall–Kier alpha value is -2.62. The minimum absolute atomic E-state index is 0.133. The third kappa shape index (κ3) is 1.84. The van der Waals surface area contributed by atoms with Gasteiger partial charge in [-0.15, -0.1) is 0 Å². The maximum absolute atomic E-state index is 12.0. The number of pyridine rings is 1. The van der Waals surface area contributed by atoms with E-state index in [4.69, 9.17) is 0 Å². The van der Waals surface area contributed by atoms with Crippen LogP contribution in [0, 0.1) is 0 Å². The van der Waals surface area contributed by atoms with E-state index in [0.717, 1.165) is 16.6 Å². The first kappa shape index (κ1) is 10.5. The van der Waals surface area contributed by atoms with Crippen LogP contribution in [0.1, 0.15) is 10.4 Å². The summed E-state index contributed by atoms with van der Waals surface area (Å²) in [4.78, 5) is 19.0. The highest BCUT2D eigenvalue weighted by molar-refractivity contribution is 6.08. The largest absolute Gasteiger partial charge is 0.361 e. The van der Waals surface area contributed by atoms with Gasteiger partial charge in [0.2, 0.25) is 0 Å². The van der Waals surface area contributed by atoms with Crippen LogP contribution in [0.4, 0.5) is 5.69 Å². The number of anilines is 1. The van der Waals surface area contributed by atoms with Crippen molar-refractivity contribution in [2.75, 3.05) is 5.32 Å². The second-order valence-corrected chi connectivity index (χ2v) is 3.93. The summed E-state index contributed by atoms with van der Waals surface area (Å²) in [7, 11) is 0. The summed E-state index contributed by atoms with van der Waals surface area (Å²) in [6.45, 7) is 0. The molecule has 0 bridgehead atoms. The van der Waals surface area contributed by atoms with Crippen molar-refractivity contribution >= 4 is 22.5 Å². The van der Waals surface area contributed by atoms with Crippen LogP contribution in [0.25, 0.3) is 10.9 Å². The molecule has 2 aromatic heterocycles. The first-order valence-corrected chi connectivity index (χ1v) is 5.62. The van der Waals surface area contributed by atoms with E-state index >= 15 is 0 Å². The van der Waals surface area contributed by atoms with Gasteiger partial charge in [0.1, 0.15) is 0 Å². The lowest BCUT2D eigenvalue weighted by molar-refractivity contribution is 0.102. The number of benzene rings is 1. The van der Waals surface area contributed by atoms with Crippen LogP contribution in [0.15, 0.2) is 55.0 Å². The molecule has 0 aliphatic carbocycles. The Morgan fingerprint density at radius 2 is 1.94 bits per heavy atom. The van der Waals surface area contributed by atoms with Crippen LogP contribution >= 0.6 is 0 Å². The maximum atomic E-state index is 12.0. The summed E-state index contributed by atoms with van der Waals surface area (Å²) >= 11 is 0. The molecule has 2 heterocycles. The molecule has 3 rings (SSSR count). The number of amides is 1. The molecule has 2 N–H and O–H groups in total. The fraction of sp³-hybridized carbons (Fsp3) is 0. The Labute approximate surface area is 104 Å². The van der Waals surface area contributed by atoms with Crippen molar-refractivity contribution in [2.45, 2.75) is 0 Å². The van der Waals surface area contributed by atoms with Crippen molar-refractivity contribution < 1.29 is 4.79 Å². The monoisotopic (exact) mass is 237 g/mol. The quantitative estimate of drug-likeness (QED) is 0.720. The van der Waals surface area contributed by atoms with Crippen molar-refractivity contribution in [2.24, 2.45) is 0 Å². The lowest BCUT2D eigenvalue weighted by atomic mass is 10.2. The lowest BCUT2D eigenvalue weighted by Crippen LogP contribution is -2.11. The minimum atomic E-state index is -0.133. The van der Waals surface area contributed by atoms with E-state index in [-0.39, 0.29) is 5.91 Å². The van der Waals surface area contributed by atoms with Gasteiger partial charge >= 0.3 is 0 Å². The second-order valence-electron chi connectivity index (χ2n) is 3.93. The van der Waals surface area contributed by atoms with Crippen LogP contribution < -0.4 is 5.32 Å². The van der Waals surface area contributed by atoms with E-state index in [0.29, 0.717) is 5.56 Å². The molecule has 4 heteroatoms. The average molecular weight is 237 g/mol. The molecular weight excluding hydrogens is 226 g/mol. The number of nitrogens with one attached hydrogen (secondary N) is 2. The summed E-state index contributed by atoms with van der Waals surface area (Å²) < 4.78 is 0. The molecule has 0 atom stereocenters. The van der Waals surface area contributed by atoms with Crippen molar-refractivity contribution in [3.8, 4) is 0 Å². The maximum Gasteiger partial charge on any atom is 0.255 e. The van der Waals surface area contributed by atoms with Crippen molar-refractivity contribution in [1.29, 1.82) is 0 Å². The van der Waals surface area contributed by atoms with Gasteiger partial charge in [-0.3, -0.25) is 9.78 Å². The summed E-state index contributed by atoms with van der Waals surface area (Å²) in [5.41, 5.74) is 2.40. The van der Waals surface area contributed by atoms with Gasteiger partial charge in [-0.05, 0) is 30.3 Å². The highest BCUT2D eigenvalue weighted by atomic mass is 16.1. The van der Waals surface area contributed by atoms with E-state index in [1.165, 1.54) is 0 Å². The van der Waals surface area contributed by atoms with Crippen LogP contribution in [0.2, 0.25) is 0 Å². The SMILES string of the molecule is O=C(Nc1cccc2[nH]ccc12)c1ccncc1. The molecule has 18 heavy (non-hydrogen) atoms. The van der Waals surface area contributed by atoms with E-state index in [2.05, 4.69) is 15.3 Å². The van der Waals surface area contributed by atoms with Gasteiger partial charge in [0.05, 0.1) is 5.69 Å². The van der Waals surface area contributed by atoms with E-state index < -0.39 is 0 Å². The van der Waals surface area contributed by atoms with Crippen molar-refractivity contribution in [1.82, 2.24) is 9.97 Å². The van der Waals surface area contributed by atoms with Gasteiger partial charge in [0.15, 0.2) is 0 Å². The highest BCUT2D eigenvalue weighted by Crippen LogP contribution is 2.22. The first-order chi connectivity index (χ1) is 8.84.